The van der Waals surface area contributed by atoms with Crippen molar-refractivity contribution in [3.8, 4) is 11.4 Å². The fourth-order valence-electron chi connectivity index (χ4n) is 3.10. The predicted octanol–water partition coefficient (Wildman–Crippen LogP) is 3.36. The van der Waals surface area contributed by atoms with E-state index in [1.54, 1.807) is 48.4 Å². The standard InChI is InChI=1S/C20H17Cl2N3O4/c1-28-15-7-5-14(6-8-15)25-18(20(27)29-23-25)11-24(13-3-4-13)19(26)16-9-2-12(21)10-17(16)22/h2,5-10,13H,3-4,11H2,1H3/p+1. The van der Waals surface area contributed by atoms with Crippen molar-refractivity contribution in [2.24, 2.45) is 0 Å². The molecule has 1 N–H and O–H groups in total. The second-order valence-corrected chi connectivity index (χ2v) is 7.59. The number of rotatable bonds is 6. The van der Waals surface area contributed by atoms with E-state index >= 15 is 0 Å². The summed E-state index contributed by atoms with van der Waals surface area (Å²) in [5, 5.41) is 3.32. The zero-order chi connectivity index (χ0) is 20.5. The molecular weight excluding hydrogens is 417 g/mol. The Hall–Kier alpha value is -2.77. The van der Waals surface area contributed by atoms with E-state index in [9.17, 15) is 9.59 Å². The van der Waals surface area contributed by atoms with Crippen LogP contribution in [0.5, 0.6) is 5.75 Å². The number of hydrogen-bond donors (Lipinski definition) is 1. The van der Waals surface area contributed by atoms with Crippen LogP contribution in [0, 0.1) is 0 Å². The number of H-pyrrole nitrogens is 1. The molecule has 0 atom stereocenters. The highest BCUT2D eigenvalue weighted by molar-refractivity contribution is 6.36. The van der Waals surface area contributed by atoms with Crippen LogP contribution < -0.4 is 15.0 Å². The van der Waals surface area contributed by atoms with Gasteiger partial charge in [-0.25, -0.2) is 4.79 Å². The molecule has 0 bridgehead atoms. The van der Waals surface area contributed by atoms with Crippen LogP contribution >= 0.6 is 23.2 Å². The first-order chi connectivity index (χ1) is 14.0. The Labute approximate surface area is 176 Å². The van der Waals surface area contributed by atoms with Gasteiger partial charge in [0.1, 0.15) is 12.3 Å². The molecule has 1 aromatic heterocycles. The molecule has 1 fully saturated rings. The molecule has 1 aliphatic rings. The molecule has 150 valence electrons. The largest absolute Gasteiger partial charge is 0.497 e. The molecule has 1 amide bonds. The maximum absolute atomic E-state index is 13.2. The van der Waals surface area contributed by atoms with Gasteiger partial charge in [0, 0.05) is 23.2 Å². The number of carbonyl (C=O) groups is 1. The van der Waals surface area contributed by atoms with Gasteiger partial charge in [-0.15, -0.1) is 0 Å². The van der Waals surface area contributed by atoms with Crippen molar-refractivity contribution in [1.29, 1.82) is 0 Å². The Kier molecular flexibility index (Phi) is 5.34. The van der Waals surface area contributed by atoms with Crippen molar-refractivity contribution >= 4 is 29.1 Å². The second-order valence-electron chi connectivity index (χ2n) is 6.75. The minimum absolute atomic E-state index is 0.0489. The molecule has 1 saturated carbocycles. The first kappa shape index (κ1) is 19.5. The molecule has 3 aromatic rings. The first-order valence-corrected chi connectivity index (χ1v) is 9.76. The van der Waals surface area contributed by atoms with Crippen molar-refractivity contribution in [1.82, 2.24) is 10.2 Å². The fraction of sp³-hybridized carbons (Fsp3) is 0.250. The number of ether oxygens (including phenoxy) is 1. The zero-order valence-electron chi connectivity index (χ0n) is 15.5. The molecule has 7 nitrogen and oxygen atoms in total. The molecule has 1 heterocycles. The predicted molar refractivity (Wildman–Crippen MR) is 107 cm³/mol. The van der Waals surface area contributed by atoms with Gasteiger partial charge in [0.05, 0.1) is 17.7 Å². The highest BCUT2D eigenvalue weighted by atomic mass is 35.5. The minimum Gasteiger partial charge on any atom is -0.497 e. The zero-order valence-corrected chi connectivity index (χ0v) is 17.0. The van der Waals surface area contributed by atoms with E-state index in [0.29, 0.717) is 27.7 Å². The van der Waals surface area contributed by atoms with Crippen LogP contribution in [0.3, 0.4) is 0 Å². The number of methoxy groups -OCH3 is 1. The Bertz CT molecular complexity index is 1100. The van der Waals surface area contributed by atoms with Crippen molar-refractivity contribution in [2.75, 3.05) is 7.11 Å². The molecule has 0 saturated heterocycles. The van der Waals surface area contributed by atoms with Gasteiger partial charge in [-0.2, -0.15) is 0 Å². The van der Waals surface area contributed by atoms with Gasteiger partial charge in [0.25, 0.3) is 5.91 Å². The van der Waals surface area contributed by atoms with Crippen LogP contribution in [-0.2, 0) is 6.54 Å². The summed E-state index contributed by atoms with van der Waals surface area (Å²) in [6.45, 7) is 0.0836. The van der Waals surface area contributed by atoms with Gasteiger partial charge in [0.15, 0.2) is 0 Å². The fourth-order valence-corrected chi connectivity index (χ4v) is 3.59. The summed E-state index contributed by atoms with van der Waals surface area (Å²) >= 11 is 12.2. The number of carbonyl (C=O) groups excluding carboxylic acids is 1. The lowest BCUT2D eigenvalue weighted by Crippen LogP contribution is -2.44. The van der Waals surface area contributed by atoms with Gasteiger partial charge in [0.2, 0.25) is 5.69 Å². The van der Waals surface area contributed by atoms with Gasteiger partial charge in [-0.05, 0) is 53.1 Å². The Balaban J connectivity index is 1.67. The average Bonchev–Trinajstić information content (AvgIpc) is 3.49. The van der Waals surface area contributed by atoms with E-state index in [1.165, 1.54) is 10.7 Å². The summed E-state index contributed by atoms with van der Waals surface area (Å²) in [7, 11) is 1.58. The summed E-state index contributed by atoms with van der Waals surface area (Å²) in [5.41, 5.74) is 0.792. The number of aromatic nitrogens is 2. The normalized spacial score (nSPS) is 13.3. The number of amides is 1. The van der Waals surface area contributed by atoms with Crippen LogP contribution in [0.1, 0.15) is 28.9 Å². The Morgan fingerprint density at radius 3 is 2.59 bits per heavy atom. The molecule has 0 radical (unpaired) electrons. The maximum Gasteiger partial charge on any atom is 0.432 e. The number of hydrogen-bond acceptors (Lipinski definition) is 4. The van der Waals surface area contributed by atoms with Gasteiger partial charge >= 0.3 is 11.3 Å². The van der Waals surface area contributed by atoms with Gasteiger partial charge < -0.3 is 9.64 Å². The highest BCUT2D eigenvalue weighted by Crippen LogP contribution is 2.31. The monoisotopic (exact) mass is 434 g/mol. The third kappa shape index (κ3) is 4.02. The third-order valence-electron chi connectivity index (χ3n) is 4.80. The van der Waals surface area contributed by atoms with E-state index in [0.717, 1.165) is 12.8 Å². The first-order valence-electron chi connectivity index (χ1n) is 9.01. The van der Waals surface area contributed by atoms with Crippen molar-refractivity contribution < 1.29 is 18.7 Å². The Morgan fingerprint density at radius 2 is 1.97 bits per heavy atom. The smallest absolute Gasteiger partial charge is 0.432 e. The maximum atomic E-state index is 13.2. The van der Waals surface area contributed by atoms with Crippen LogP contribution in [0.15, 0.2) is 51.8 Å². The molecule has 1 aliphatic carbocycles. The summed E-state index contributed by atoms with van der Waals surface area (Å²) in [4.78, 5) is 27.2. The van der Waals surface area contributed by atoms with Crippen LogP contribution in [0.25, 0.3) is 5.69 Å². The second kappa shape index (κ2) is 7.93. The lowest BCUT2D eigenvalue weighted by atomic mass is 10.2. The van der Waals surface area contributed by atoms with E-state index < -0.39 is 5.63 Å². The molecule has 0 aliphatic heterocycles. The molecule has 29 heavy (non-hydrogen) atoms. The van der Waals surface area contributed by atoms with E-state index in [4.69, 9.17) is 32.5 Å². The molecular formula is C20H18Cl2N3O4+. The van der Waals surface area contributed by atoms with Gasteiger partial charge in [-0.1, -0.05) is 23.2 Å². The van der Waals surface area contributed by atoms with Crippen molar-refractivity contribution in [2.45, 2.75) is 25.4 Å². The van der Waals surface area contributed by atoms with Gasteiger partial charge in [-0.3, -0.25) is 9.32 Å². The summed E-state index contributed by atoms with van der Waals surface area (Å²) in [6, 6.07) is 11.9. The number of nitrogens with one attached hydrogen (secondary N) is 1. The molecule has 4 rings (SSSR count). The van der Waals surface area contributed by atoms with Crippen molar-refractivity contribution in [3.05, 3.63) is 74.2 Å². The summed E-state index contributed by atoms with van der Waals surface area (Å²) < 4.78 is 11.7. The number of benzene rings is 2. The summed E-state index contributed by atoms with van der Waals surface area (Å²) in [6.07, 6.45) is 1.74. The van der Waals surface area contributed by atoms with Crippen LogP contribution in [-0.4, -0.2) is 29.2 Å². The van der Waals surface area contributed by atoms with E-state index in [1.807, 2.05) is 0 Å². The number of nitrogens with zero attached hydrogens (tertiary/aromatic N) is 2. The minimum atomic E-state index is -0.540. The lowest BCUT2D eigenvalue weighted by molar-refractivity contribution is -0.678. The number of aromatic amines is 1. The molecule has 2 aromatic carbocycles. The number of halogens is 2. The molecule has 0 unspecified atom stereocenters. The van der Waals surface area contributed by atoms with Crippen LogP contribution in [0.2, 0.25) is 10.0 Å². The summed E-state index contributed by atoms with van der Waals surface area (Å²) in [5.74, 6) is 0.435. The highest BCUT2D eigenvalue weighted by Gasteiger charge is 2.38. The quantitative estimate of drug-likeness (QED) is 0.603. The van der Waals surface area contributed by atoms with Crippen LogP contribution in [0.4, 0.5) is 0 Å². The van der Waals surface area contributed by atoms with E-state index in [2.05, 4.69) is 5.27 Å². The SMILES string of the molecule is COc1ccc(-[n+]2[nH]oc(=O)c2CN(C(=O)c2ccc(Cl)cc2Cl)C2CC2)cc1. The lowest BCUT2D eigenvalue weighted by Gasteiger charge is -2.20. The Morgan fingerprint density at radius 1 is 1.24 bits per heavy atom. The van der Waals surface area contributed by atoms with Crippen molar-refractivity contribution in [3.63, 3.8) is 0 Å². The topological polar surface area (TPSA) is 79.4 Å². The van der Waals surface area contributed by atoms with E-state index in [-0.39, 0.29) is 23.5 Å². The average molecular weight is 435 g/mol. The molecule has 0 spiro atoms. The third-order valence-corrected chi connectivity index (χ3v) is 5.34. The molecule has 9 heteroatoms.